The number of ether oxygens (including phenoxy) is 1. The molecule has 0 radical (unpaired) electrons. The quantitative estimate of drug-likeness (QED) is 0.530. The van der Waals surface area contributed by atoms with Crippen LogP contribution in [0.2, 0.25) is 0 Å². The molecule has 0 fully saturated rings. The third-order valence-corrected chi connectivity index (χ3v) is 2.10. The lowest BCUT2D eigenvalue weighted by Crippen LogP contribution is -1.81. The predicted molar refractivity (Wildman–Crippen MR) is 85.6 cm³/mol. The van der Waals surface area contributed by atoms with Gasteiger partial charge in [-0.1, -0.05) is 44.7 Å². The van der Waals surface area contributed by atoms with Crippen LogP contribution in [-0.2, 0) is 0 Å². The van der Waals surface area contributed by atoms with Crippen molar-refractivity contribution in [2.45, 2.75) is 20.8 Å². The van der Waals surface area contributed by atoms with Gasteiger partial charge in [0.2, 0.25) is 0 Å². The molecule has 0 bridgehead atoms. The van der Waals surface area contributed by atoms with E-state index in [4.69, 9.17) is 4.74 Å². The lowest BCUT2D eigenvalue weighted by atomic mass is 10.2. The number of methoxy groups -OCH3 is 1. The summed E-state index contributed by atoms with van der Waals surface area (Å²) in [4.78, 5) is 4.37. The minimum absolute atomic E-state index is 0.833. The van der Waals surface area contributed by atoms with Crippen LogP contribution in [0.15, 0.2) is 65.7 Å². The fraction of sp³-hybridized carbons (Fsp3) is 0.235. The molecule has 0 atom stereocenters. The largest absolute Gasteiger partial charge is 0.497 e. The van der Waals surface area contributed by atoms with Gasteiger partial charge >= 0.3 is 0 Å². The molecule has 0 amide bonds. The summed E-state index contributed by atoms with van der Waals surface area (Å²) in [6.45, 7) is 9.64. The molecule has 0 spiro atoms. The topological polar surface area (TPSA) is 21.6 Å². The molecular weight excluding hydrogens is 234 g/mol. The van der Waals surface area contributed by atoms with E-state index in [0.717, 1.165) is 17.0 Å². The Balaban J connectivity index is 0.00000154. The Labute approximate surface area is 116 Å². The number of nitrogens with zero attached hydrogens (tertiary/aromatic N) is 1. The van der Waals surface area contributed by atoms with Crippen molar-refractivity contribution in [2.75, 3.05) is 7.11 Å². The lowest BCUT2D eigenvalue weighted by Gasteiger charge is -1.98. The maximum atomic E-state index is 5.08. The van der Waals surface area contributed by atoms with E-state index in [0.29, 0.717) is 0 Å². The number of hydrogen-bond donors (Lipinski definition) is 0. The van der Waals surface area contributed by atoms with Crippen LogP contribution in [0, 0.1) is 0 Å². The minimum atomic E-state index is 0.833. The van der Waals surface area contributed by atoms with Crippen LogP contribution < -0.4 is 4.74 Å². The Morgan fingerprint density at radius 2 is 1.84 bits per heavy atom. The normalized spacial score (nSPS) is 11.3. The molecule has 0 unspecified atom stereocenters. The van der Waals surface area contributed by atoms with E-state index in [1.165, 1.54) is 0 Å². The monoisotopic (exact) mass is 257 g/mol. The van der Waals surface area contributed by atoms with Gasteiger partial charge < -0.3 is 4.74 Å². The van der Waals surface area contributed by atoms with Crippen molar-refractivity contribution < 1.29 is 4.74 Å². The molecule has 1 aromatic carbocycles. The zero-order valence-electron chi connectivity index (χ0n) is 12.3. The number of hydrogen-bond acceptors (Lipinski definition) is 2. The van der Waals surface area contributed by atoms with Crippen molar-refractivity contribution in [3.63, 3.8) is 0 Å². The minimum Gasteiger partial charge on any atom is -0.497 e. The molecule has 0 heterocycles. The van der Waals surface area contributed by atoms with Gasteiger partial charge in [-0.15, -0.1) is 0 Å². The second-order valence-electron chi connectivity index (χ2n) is 3.36. The summed E-state index contributed by atoms with van der Waals surface area (Å²) in [6, 6.07) is 7.60. The average Bonchev–Trinajstić information content (AvgIpc) is 2.48. The van der Waals surface area contributed by atoms with Gasteiger partial charge in [-0.3, -0.25) is 4.99 Å². The average molecular weight is 257 g/mol. The summed E-state index contributed by atoms with van der Waals surface area (Å²) < 4.78 is 5.08. The van der Waals surface area contributed by atoms with Gasteiger partial charge in [0.15, 0.2) is 0 Å². The van der Waals surface area contributed by atoms with Crippen LogP contribution in [0.25, 0.3) is 0 Å². The zero-order valence-corrected chi connectivity index (χ0v) is 12.3. The molecule has 0 saturated carbocycles. The maximum Gasteiger partial charge on any atom is 0.119 e. The summed E-state index contributed by atoms with van der Waals surface area (Å²) in [6.07, 6.45) is 9.41. The highest BCUT2D eigenvalue weighted by Gasteiger charge is 1.91. The molecule has 0 saturated heterocycles. The first-order chi connectivity index (χ1) is 9.30. The van der Waals surface area contributed by atoms with Gasteiger partial charge in [-0.25, -0.2) is 0 Å². The molecule has 2 heteroatoms. The fourth-order valence-electron chi connectivity index (χ4n) is 1.29. The molecule has 1 aromatic rings. The fourth-order valence-corrected chi connectivity index (χ4v) is 1.29. The van der Waals surface area contributed by atoms with Crippen molar-refractivity contribution in [3.8, 4) is 5.75 Å². The second kappa shape index (κ2) is 11.0. The van der Waals surface area contributed by atoms with Crippen molar-refractivity contribution in [1.29, 1.82) is 0 Å². The van der Waals surface area contributed by atoms with Crippen LogP contribution in [0.4, 0.5) is 5.69 Å². The van der Waals surface area contributed by atoms with Crippen LogP contribution in [0.3, 0.4) is 0 Å². The van der Waals surface area contributed by atoms with Gasteiger partial charge in [0.1, 0.15) is 5.75 Å². The summed E-state index contributed by atoms with van der Waals surface area (Å²) in [5.41, 5.74) is 1.91. The molecule has 1 rings (SSSR count). The number of aliphatic imine (C=N–C) groups is 1. The summed E-state index contributed by atoms with van der Waals surface area (Å²) in [7, 11) is 1.65. The molecule has 102 valence electrons. The Hall–Kier alpha value is -2.09. The Kier molecular flexibility index (Phi) is 9.81. The molecule has 19 heavy (non-hydrogen) atoms. The standard InChI is InChI=1S/C15H17NO.C2H6/c1-4-6-13(7-5-2)12-16-14-8-10-15(17-3)11-9-14;1-2/h4-12H,1H2,2-3H3;1-2H3/b7-5-,13-6+,16-12?;. The predicted octanol–water partition coefficient (Wildman–Crippen LogP) is 5.11. The van der Waals surface area contributed by atoms with Gasteiger partial charge in [0.05, 0.1) is 12.8 Å². The summed E-state index contributed by atoms with van der Waals surface area (Å²) in [5.74, 6) is 0.833. The molecule has 0 N–H and O–H groups in total. The maximum absolute atomic E-state index is 5.08. The molecular formula is C17H23NO. The number of benzene rings is 1. The third kappa shape index (κ3) is 7.04. The Morgan fingerprint density at radius 3 is 2.32 bits per heavy atom. The van der Waals surface area contributed by atoms with E-state index in [2.05, 4.69) is 11.6 Å². The highest BCUT2D eigenvalue weighted by molar-refractivity contribution is 5.84. The van der Waals surface area contributed by atoms with E-state index in [9.17, 15) is 0 Å². The second-order valence-corrected chi connectivity index (χ2v) is 3.36. The smallest absolute Gasteiger partial charge is 0.119 e. The van der Waals surface area contributed by atoms with Crippen molar-refractivity contribution in [1.82, 2.24) is 0 Å². The van der Waals surface area contributed by atoms with E-state index in [-0.39, 0.29) is 0 Å². The SMILES string of the molecule is C=C/C=C(C=Nc1ccc(OC)cc1)\C=C/C.CC. The van der Waals surface area contributed by atoms with Gasteiger partial charge in [-0.2, -0.15) is 0 Å². The molecule has 0 aromatic heterocycles. The molecule has 2 nitrogen and oxygen atoms in total. The van der Waals surface area contributed by atoms with Crippen molar-refractivity contribution in [3.05, 3.63) is 60.7 Å². The molecule has 0 aliphatic rings. The summed E-state index contributed by atoms with van der Waals surface area (Å²) in [5, 5.41) is 0. The first kappa shape index (κ1) is 16.9. The first-order valence-electron chi connectivity index (χ1n) is 6.43. The van der Waals surface area contributed by atoms with Crippen LogP contribution in [0.5, 0.6) is 5.75 Å². The van der Waals surface area contributed by atoms with E-state index in [1.807, 2.05) is 69.5 Å². The number of allylic oxidation sites excluding steroid dienone is 5. The van der Waals surface area contributed by atoms with Crippen molar-refractivity contribution in [2.24, 2.45) is 4.99 Å². The highest BCUT2D eigenvalue weighted by atomic mass is 16.5. The van der Waals surface area contributed by atoms with Crippen molar-refractivity contribution >= 4 is 11.9 Å². The van der Waals surface area contributed by atoms with E-state index >= 15 is 0 Å². The van der Waals surface area contributed by atoms with E-state index < -0.39 is 0 Å². The third-order valence-electron chi connectivity index (χ3n) is 2.10. The Morgan fingerprint density at radius 1 is 1.21 bits per heavy atom. The Bertz CT molecular complexity index is 439. The highest BCUT2D eigenvalue weighted by Crippen LogP contribution is 2.17. The zero-order chi connectivity index (χ0) is 14.5. The van der Waals surface area contributed by atoms with Crippen LogP contribution >= 0.6 is 0 Å². The van der Waals surface area contributed by atoms with E-state index in [1.54, 1.807) is 13.2 Å². The van der Waals surface area contributed by atoms with Crippen LogP contribution in [-0.4, -0.2) is 13.3 Å². The number of rotatable bonds is 5. The lowest BCUT2D eigenvalue weighted by molar-refractivity contribution is 0.415. The molecule has 0 aliphatic heterocycles. The first-order valence-corrected chi connectivity index (χ1v) is 6.43. The molecule has 0 aliphatic carbocycles. The van der Waals surface area contributed by atoms with Crippen LogP contribution in [0.1, 0.15) is 20.8 Å². The van der Waals surface area contributed by atoms with Gasteiger partial charge in [0.25, 0.3) is 0 Å². The summed E-state index contributed by atoms with van der Waals surface area (Å²) >= 11 is 0. The van der Waals surface area contributed by atoms with Gasteiger partial charge in [0, 0.05) is 6.21 Å². The van der Waals surface area contributed by atoms with Gasteiger partial charge in [-0.05, 0) is 36.8 Å².